The fraction of sp³-hybridized carbons (Fsp3) is 0.684. The Balaban J connectivity index is 1.93. The van der Waals surface area contributed by atoms with Gasteiger partial charge in [-0.05, 0) is 30.5 Å². The van der Waals surface area contributed by atoms with Gasteiger partial charge in [-0.25, -0.2) is 0 Å². The summed E-state index contributed by atoms with van der Waals surface area (Å²) in [7, 11) is 1.77. The molecule has 1 heterocycles. The molecule has 0 aromatic heterocycles. The van der Waals surface area contributed by atoms with Crippen LogP contribution in [0.1, 0.15) is 51.5 Å². The van der Waals surface area contributed by atoms with Gasteiger partial charge in [-0.1, -0.05) is 39.7 Å². The molecular weight excluding hydrogens is 272 g/mol. The van der Waals surface area contributed by atoms with Gasteiger partial charge >= 0.3 is 0 Å². The molecule has 0 spiro atoms. The van der Waals surface area contributed by atoms with E-state index in [1.54, 1.807) is 7.11 Å². The third-order valence-electron chi connectivity index (χ3n) is 4.65. The predicted molar refractivity (Wildman–Crippen MR) is 95.3 cm³/mol. The van der Waals surface area contributed by atoms with E-state index in [4.69, 9.17) is 4.74 Å². The summed E-state index contributed by atoms with van der Waals surface area (Å²) in [4.78, 5) is 5.09. The molecule has 0 atom stereocenters. The minimum absolute atomic E-state index is 0.499. The van der Waals surface area contributed by atoms with Crippen LogP contribution in [0.25, 0.3) is 0 Å². The van der Waals surface area contributed by atoms with E-state index in [9.17, 15) is 0 Å². The summed E-state index contributed by atoms with van der Waals surface area (Å²) in [6.07, 6.45) is 4.00. The van der Waals surface area contributed by atoms with Gasteiger partial charge in [0.2, 0.25) is 0 Å². The van der Waals surface area contributed by atoms with Crippen LogP contribution in [0.3, 0.4) is 0 Å². The molecule has 124 valence electrons. The molecule has 0 amide bonds. The minimum Gasteiger partial charge on any atom is -0.496 e. The lowest BCUT2D eigenvalue weighted by Crippen LogP contribution is -2.46. The van der Waals surface area contributed by atoms with Crippen molar-refractivity contribution in [2.24, 2.45) is 0 Å². The molecule has 0 N–H and O–H groups in total. The van der Waals surface area contributed by atoms with E-state index in [0.29, 0.717) is 5.92 Å². The van der Waals surface area contributed by atoms with Crippen molar-refractivity contribution in [1.82, 2.24) is 4.90 Å². The van der Waals surface area contributed by atoms with Gasteiger partial charge in [0.1, 0.15) is 5.75 Å². The van der Waals surface area contributed by atoms with Crippen LogP contribution >= 0.6 is 0 Å². The van der Waals surface area contributed by atoms with Crippen LogP contribution < -0.4 is 9.64 Å². The molecule has 0 bridgehead atoms. The summed E-state index contributed by atoms with van der Waals surface area (Å²) >= 11 is 0. The number of hydrogen-bond donors (Lipinski definition) is 0. The Morgan fingerprint density at radius 3 is 2.41 bits per heavy atom. The summed E-state index contributed by atoms with van der Waals surface area (Å²) in [5, 5.41) is 0. The van der Waals surface area contributed by atoms with Crippen molar-refractivity contribution in [2.75, 3.05) is 44.7 Å². The molecular formula is C19H32N2O. The number of nitrogens with zero attached hydrogens (tertiary/aromatic N) is 2. The summed E-state index contributed by atoms with van der Waals surface area (Å²) < 4.78 is 5.59. The Labute approximate surface area is 136 Å². The second kappa shape index (κ2) is 8.42. The van der Waals surface area contributed by atoms with Gasteiger partial charge in [0.25, 0.3) is 0 Å². The van der Waals surface area contributed by atoms with Crippen molar-refractivity contribution in [2.45, 2.75) is 46.0 Å². The molecule has 1 saturated heterocycles. The highest BCUT2D eigenvalue weighted by Gasteiger charge is 2.18. The van der Waals surface area contributed by atoms with Crippen molar-refractivity contribution in [3.63, 3.8) is 0 Å². The summed E-state index contributed by atoms with van der Waals surface area (Å²) in [5.41, 5.74) is 2.60. The second-order valence-electron chi connectivity index (χ2n) is 6.62. The number of unbranched alkanes of at least 4 members (excludes halogenated alkanes) is 2. The number of methoxy groups -OCH3 is 1. The highest BCUT2D eigenvalue weighted by molar-refractivity contribution is 5.54. The standard InChI is InChI=1S/C19H32N2O/c1-5-6-7-10-20-11-13-21(14-12-20)17-8-9-18(16(2)3)19(15-17)22-4/h8-9,15-16H,5-7,10-14H2,1-4H3. The normalized spacial score (nSPS) is 16.3. The predicted octanol–water partition coefficient (Wildman–Crippen LogP) is 4.13. The van der Waals surface area contributed by atoms with E-state index in [1.807, 2.05) is 0 Å². The maximum Gasteiger partial charge on any atom is 0.124 e. The van der Waals surface area contributed by atoms with Gasteiger partial charge in [0.05, 0.1) is 7.11 Å². The van der Waals surface area contributed by atoms with Crippen LogP contribution in [0.2, 0.25) is 0 Å². The highest BCUT2D eigenvalue weighted by Crippen LogP contribution is 2.31. The number of anilines is 1. The van der Waals surface area contributed by atoms with Crippen molar-refractivity contribution in [3.8, 4) is 5.75 Å². The minimum atomic E-state index is 0.499. The molecule has 1 aliphatic heterocycles. The van der Waals surface area contributed by atoms with Gasteiger partial charge in [-0.2, -0.15) is 0 Å². The molecule has 2 rings (SSSR count). The van der Waals surface area contributed by atoms with E-state index in [2.05, 4.69) is 48.8 Å². The lowest BCUT2D eigenvalue weighted by atomic mass is 10.0. The van der Waals surface area contributed by atoms with Crippen LogP contribution in [0.4, 0.5) is 5.69 Å². The first-order chi connectivity index (χ1) is 10.7. The second-order valence-corrected chi connectivity index (χ2v) is 6.62. The third-order valence-corrected chi connectivity index (χ3v) is 4.65. The van der Waals surface area contributed by atoms with Crippen LogP contribution in [-0.2, 0) is 0 Å². The molecule has 0 radical (unpaired) electrons. The molecule has 1 aromatic carbocycles. The molecule has 1 fully saturated rings. The van der Waals surface area contributed by atoms with E-state index in [-0.39, 0.29) is 0 Å². The monoisotopic (exact) mass is 304 g/mol. The number of hydrogen-bond acceptors (Lipinski definition) is 3. The van der Waals surface area contributed by atoms with Crippen molar-refractivity contribution in [3.05, 3.63) is 23.8 Å². The van der Waals surface area contributed by atoms with E-state index < -0.39 is 0 Å². The molecule has 3 heteroatoms. The maximum atomic E-state index is 5.59. The fourth-order valence-electron chi connectivity index (χ4n) is 3.19. The van der Waals surface area contributed by atoms with Crippen molar-refractivity contribution in [1.29, 1.82) is 0 Å². The highest BCUT2D eigenvalue weighted by atomic mass is 16.5. The zero-order valence-corrected chi connectivity index (χ0v) is 14.8. The quantitative estimate of drug-likeness (QED) is 0.704. The Morgan fingerprint density at radius 2 is 1.82 bits per heavy atom. The summed E-state index contributed by atoms with van der Waals surface area (Å²) in [6, 6.07) is 6.69. The van der Waals surface area contributed by atoms with Crippen molar-refractivity contribution < 1.29 is 4.74 Å². The lowest BCUT2D eigenvalue weighted by molar-refractivity contribution is 0.252. The van der Waals surface area contributed by atoms with Gasteiger partial charge in [-0.3, -0.25) is 4.90 Å². The van der Waals surface area contributed by atoms with Crippen molar-refractivity contribution >= 4 is 5.69 Å². The van der Waals surface area contributed by atoms with E-state index in [1.165, 1.54) is 50.1 Å². The molecule has 3 nitrogen and oxygen atoms in total. The number of piperazine rings is 1. The molecule has 22 heavy (non-hydrogen) atoms. The Bertz CT molecular complexity index is 451. The average Bonchev–Trinajstić information content (AvgIpc) is 2.55. The van der Waals surface area contributed by atoms with E-state index >= 15 is 0 Å². The number of rotatable bonds is 7. The molecule has 0 saturated carbocycles. The fourth-order valence-corrected chi connectivity index (χ4v) is 3.19. The van der Waals surface area contributed by atoms with Gasteiger partial charge < -0.3 is 9.64 Å². The first-order valence-corrected chi connectivity index (χ1v) is 8.81. The summed E-state index contributed by atoms with van der Waals surface area (Å²) in [6.45, 7) is 12.6. The zero-order valence-electron chi connectivity index (χ0n) is 14.8. The van der Waals surface area contributed by atoms with Gasteiger partial charge in [0.15, 0.2) is 0 Å². The smallest absolute Gasteiger partial charge is 0.124 e. The SMILES string of the molecule is CCCCCN1CCN(c2ccc(C(C)C)c(OC)c2)CC1. The van der Waals surface area contributed by atoms with Crippen LogP contribution in [0, 0.1) is 0 Å². The molecule has 0 unspecified atom stereocenters. The summed E-state index contributed by atoms with van der Waals surface area (Å²) in [5.74, 6) is 1.53. The van der Waals surface area contributed by atoms with Crippen LogP contribution in [0.15, 0.2) is 18.2 Å². The molecule has 1 aromatic rings. The number of benzene rings is 1. The molecule has 0 aliphatic carbocycles. The maximum absolute atomic E-state index is 5.59. The number of ether oxygens (including phenoxy) is 1. The Hall–Kier alpha value is -1.22. The van der Waals surface area contributed by atoms with E-state index in [0.717, 1.165) is 18.8 Å². The van der Waals surface area contributed by atoms with Crippen LogP contribution in [0.5, 0.6) is 5.75 Å². The van der Waals surface area contributed by atoms with Gasteiger partial charge in [-0.15, -0.1) is 0 Å². The van der Waals surface area contributed by atoms with Gasteiger partial charge in [0, 0.05) is 37.9 Å². The van der Waals surface area contributed by atoms with Crippen LogP contribution in [-0.4, -0.2) is 44.7 Å². The Kier molecular flexibility index (Phi) is 6.56. The zero-order chi connectivity index (χ0) is 15.9. The lowest BCUT2D eigenvalue weighted by Gasteiger charge is -2.36. The molecule has 1 aliphatic rings. The third kappa shape index (κ3) is 4.39. The topological polar surface area (TPSA) is 15.7 Å². The first kappa shape index (κ1) is 17.1. The average molecular weight is 304 g/mol. The Morgan fingerprint density at radius 1 is 1.09 bits per heavy atom. The first-order valence-electron chi connectivity index (χ1n) is 8.81. The largest absolute Gasteiger partial charge is 0.496 e.